The number of alkyl halides is 6. The molecule has 1 aliphatic carbocycles. The molecule has 1 saturated carbocycles. The Labute approximate surface area is 190 Å². The summed E-state index contributed by atoms with van der Waals surface area (Å²) in [6.07, 6.45) is -9.72. The maximum atomic E-state index is 13.4. The van der Waals surface area contributed by atoms with Gasteiger partial charge < -0.3 is 9.64 Å². The summed E-state index contributed by atoms with van der Waals surface area (Å²) < 4.78 is 97.6. The van der Waals surface area contributed by atoms with Gasteiger partial charge in [0.1, 0.15) is 5.82 Å². The van der Waals surface area contributed by atoms with E-state index in [-0.39, 0.29) is 18.9 Å². The number of hydrogen-bond donors (Lipinski definition) is 0. The number of nitrogens with zero attached hydrogens (tertiary/aromatic N) is 1. The van der Waals surface area contributed by atoms with Crippen molar-refractivity contribution in [2.75, 3.05) is 14.2 Å². The summed E-state index contributed by atoms with van der Waals surface area (Å²) in [4.78, 5) is 26.4. The Morgan fingerprint density at radius 1 is 0.912 bits per heavy atom. The van der Waals surface area contributed by atoms with Crippen molar-refractivity contribution in [2.24, 2.45) is 5.92 Å². The highest BCUT2D eigenvalue weighted by atomic mass is 19.4. The lowest BCUT2D eigenvalue weighted by Gasteiger charge is -2.32. The first-order valence-electron chi connectivity index (χ1n) is 10.1. The first kappa shape index (κ1) is 25.5. The molecular weight excluding hydrogens is 471 g/mol. The van der Waals surface area contributed by atoms with Crippen LogP contribution >= 0.6 is 0 Å². The SMILES string of the molecule is COC(=O)[C@@H]1CC[C@@H](N(C)C(=O)c2cc(C(F)(F)F)cc(C(F)(F)F)c2)[C@H]1c1ccc(F)cc1. The topological polar surface area (TPSA) is 46.6 Å². The minimum absolute atomic E-state index is 0.0546. The molecule has 0 spiro atoms. The molecule has 2 aromatic rings. The molecule has 0 aromatic heterocycles. The predicted octanol–water partition coefficient (Wildman–Crippen LogP) is 5.67. The van der Waals surface area contributed by atoms with Crippen LogP contribution in [0.1, 0.15) is 45.8 Å². The van der Waals surface area contributed by atoms with Crippen LogP contribution in [0.5, 0.6) is 0 Å². The number of carbonyl (C=O) groups excluding carboxylic acids is 2. The van der Waals surface area contributed by atoms with Gasteiger partial charge in [0, 0.05) is 24.6 Å². The number of ether oxygens (including phenoxy) is 1. The Balaban J connectivity index is 2.02. The Kier molecular flexibility index (Phi) is 6.95. The third-order valence-corrected chi connectivity index (χ3v) is 6.03. The number of amides is 1. The van der Waals surface area contributed by atoms with Crippen molar-refractivity contribution in [3.8, 4) is 0 Å². The number of carbonyl (C=O) groups is 2. The zero-order valence-corrected chi connectivity index (χ0v) is 18.0. The second-order valence-electron chi connectivity index (χ2n) is 8.06. The van der Waals surface area contributed by atoms with Crippen LogP contribution in [0.25, 0.3) is 0 Å². The van der Waals surface area contributed by atoms with E-state index >= 15 is 0 Å². The molecule has 34 heavy (non-hydrogen) atoms. The molecule has 3 rings (SSSR count). The molecule has 2 aromatic carbocycles. The molecule has 0 N–H and O–H groups in total. The van der Waals surface area contributed by atoms with E-state index in [4.69, 9.17) is 4.74 Å². The van der Waals surface area contributed by atoms with Gasteiger partial charge in [0.2, 0.25) is 0 Å². The molecule has 0 radical (unpaired) electrons. The second-order valence-corrected chi connectivity index (χ2v) is 8.06. The fourth-order valence-corrected chi connectivity index (χ4v) is 4.40. The summed E-state index contributed by atoms with van der Waals surface area (Å²) in [7, 11) is 2.42. The molecule has 1 fully saturated rings. The minimum Gasteiger partial charge on any atom is -0.469 e. The van der Waals surface area contributed by atoms with Gasteiger partial charge in [0.05, 0.1) is 24.2 Å². The number of methoxy groups -OCH3 is 1. The number of likely N-dealkylation sites (N-methyl/N-ethyl adjacent to an activating group) is 1. The van der Waals surface area contributed by atoms with Crippen LogP contribution in [-0.4, -0.2) is 37.0 Å². The Morgan fingerprint density at radius 3 is 1.91 bits per heavy atom. The van der Waals surface area contributed by atoms with E-state index in [0.29, 0.717) is 17.7 Å². The molecule has 0 unspecified atom stereocenters. The summed E-state index contributed by atoms with van der Waals surface area (Å²) in [6, 6.07) is 5.07. The lowest BCUT2D eigenvalue weighted by Crippen LogP contribution is -2.40. The molecule has 0 saturated heterocycles. The third-order valence-electron chi connectivity index (χ3n) is 6.03. The maximum absolute atomic E-state index is 13.4. The average Bonchev–Trinajstić information content (AvgIpc) is 3.21. The van der Waals surface area contributed by atoms with Gasteiger partial charge in [-0.05, 0) is 48.7 Å². The first-order chi connectivity index (χ1) is 15.7. The summed E-state index contributed by atoms with van der Waals surface area (Å²) in [6.45, 7) is 0. The monoisotopic (exact) mass is 491 g/mol. The molecule has 1 aliphatic rings. The molecule has 0 aliphatic heterocycles. The predicted molar refractivity (Wildman–Crippen MR) is 106 cm³/mol. The molecule has 184 valence electrons. The van der Waals surface area contributed by atoms with E-state index < -0.39 is 64.6 Å². The zero-order valence-electron chi connectivity index (χ0n) is 18.0. The first-order valence-corrected chi connectivity index (χ1v) is 10.1. The lowest BCUT2D eigenvalue weighted by atomic mass is 9.85. The summed E-state index contributed by atoms with van der Waals surface area (Å²) in [5.74, 6) is -3.63. The lowest BCUT2D eigenvalue weighted by molar-refractivity contribution is -0.146. The van der Waals surface area contributed by atoms with E-state index in [1.165, 1.54) is 26.3 Å². The molecule has 0 heterocycles. The number of esters is 1. The Hall–Kier alpha value is -3.11. The van der Waals surface area contributed by atoms with E-state index in [2.05, 4.69) is 0 Å². The van der Waals surface area contributed by atoms with Gasteiger partial charge >= 0.3 is 18.3 Å². The number of halogens is 7. The fourth-order valence-electron chi connectivity index (χ4n) is 4.40. The number of rotatable bonds is 4. The number of hydrogen-bond acceptors (Lipinski definition) is 3. The maximum Gasteiger partial charge on any atom is 0.416 e. The third kappa shape index (κ3) is 5.18. The highest BCUT2D eigenvalue weighted by Crippen LogP contribution is 2.44. The highest BCUT2D eigenvalue weighted by molar-refractivity contribution is 5.95. The van der Waals surface area contributed by atoms with Gasteiger partial charge in [-0.15, -0.1) is 0 Å². The van der Waals surface area contributed by atoms with Crippen LogP contribution in [0.4, 0.5) is 30.7 Å². The van der Waals surface area contributed by atoms with Crippen molar-refractivity contribution in [1.29, 1.82) is 0 Å². The smallest absolute Gasteiger partial charge is 0.416 e. The van der Waals surface area contributed by atoms with Crippen molar-refractivity contribution in [2.45, 2.75) is 37.2 Å². The Morgan fingerprint density at radius 2 is 1.44 bits per heavy atom. The Bertz CT molecular complexity index is 1030. The van der Waals surface area contributed by atoms with Crippen LogP contribution < -0.4 is 0 Å². The molecule has 3 atom stereocenters. The molecule has 4 nitrogen and oxygen atoms in total. The molecule has 11 heteroatoms. The van der Waals surface area contributed by atoms with Crippen molar-refractivity contribution in [1.82, 2.24) is 4.90 Å². The van der Waals surface area contributed by atoms with Gasteiger partial charge in [-0.25, -0.2) is 4.39 Å². The standard InChI is InChI=1S/C23H20F7NO3/c1-31(20(32)13-9-14(22(25,26)27)11-15(10-13)23(28,29)30)18-8-7-17(21(33)34-2)19(18)12-3-5-16(24)6-4-12/h3-6,9-11,17-19H,7-8H2,1-2H3/t17-,18-,19+/m1/s1. The van der Waals surface area contributed by atoms with Crippen molar-refractivity contribution in [3.05, 3.63) is 70.5 Å². The van der Waals surface area contributed by atoms with Gasteiger partial charge in [-0.1, -0.05) is 12.1 Å². The van der Waals surface area contributed by atoms with Crippen LogP contribution in [0.2, 0.25) is 0 Å². The van der Waals surface area contributed by atoms with E-state index in [0.717, 1.165) is 17.0 Å². The quantitative estimate of drug-likeness (QED) is 0.409. The van der Waals surface area contributed by atoms with Crippen molar-refractivity contribution < 1.29 is 45.1 Å². The zero-order chi connectivity index (χ0) is 25.4. The molecule has 0 bridgehead atoms. The summed E-state index contributed by atoms with van der Waals surface area (Å²) in [5.41, 5.74) is -3.51. The number of benzene rings is 2. The highest BCUT2D eigenvalue weighted by Gasteiger charge is 2.45. The van der Waals surface area contributed by atoms with Crippen LogP contribution in [-0.2, 0) is 21.9 Å². The fraction of sp³-hybridized carbons (Fsp3) is 0.391. The van der Waals surface area contributed by atoms with Crippen molar-refractivity contribution >= 4 is 11.9 Å². The molecular formula is C23H20F7NO3. The van der Waals surface area contributed by atoms with Gasteiger partial charge in [0.15, 0.2) is 0 Å². The normalized spacial score (nSPS) is 20.8. The average molecular weight is 491 g/mol. The van der Waals surface area contributed by atoms with Gasteiger partial charge in [0.25, 0.3) is 5.91 Å². The van der Waals surface area contributed by atoms with E-state index in [9.17, 15) is 40.3 Å². The van der Waals surface area contributed by atoms with E-state index in [1.54, 1.807) is 0 Å². The largest absolute Gasteiger partial charge is 0.469 e. The second kappa shape index (κ2) is 9.27. The van der Waals surface area contributed by atoms with Crippen LogP contribution in [0.15, 0.2) is 42.5 Å². The summed E-state index contributed by atoms with van der Waals surface area (Å²) in [5, 5.41) is 0. The van der Waals surface area contributed by atoms with Gasteiger partial charge in [-0.3, -0.25) is 9.59 Å². The van der Waals surface area contributed by atoms with Gasteiger partial charge in [-0.2, -0.15) is 26.3 Å². The van der Waals surface area contributed by atoms with E-state index in [1.807, 2.05) is 0 Å². The molecule has 1 amide bonds. The minimum atomic E-state index is -5.10. The van der Waals surface area contributed by atoms with Crippen molar-refractivity contribution in [3.63, 3.8) is 0 Å². The van der Waals surface area contributed by atoms with Crippen LogP contribution in [0, 0.1) is 11.7 Å². The van der Waals surface area contributed by atoms with Crippen LogP contribution in [0.3, 0.4) is 0 Å². The summed E-state index contributed by atoms with van der Waals surface area (Å²) >= 11 is 0.